The van der Waals surface area contributed by atoms with Crippen LogP contribution < -0.4 is 4.90 Å². The molecule has 0 saturated heterocycles. The fourth-order valence-electron chi connectivity index (χ4n) is 9.77. The van der Waals surface area contributed by atoms with Gasteiger partial charge in [-0.3, -0.25) is 0 Å². The van der Waals surface area contributed by atoms with Crippen LogP contribution in [-0.4, -0.2) is 4.57 Å². The van der Waals surface area contributed by atoms with Gasteiger partial charge < -0.3 is 9.47 Å². The molecule has 0 aliphatic rings. The Kier molecular flexibility index (Phi) is 8.53. The van der Waals surface area contributed by atoms with E-state index in [1.807, 2.05) is 0 Å². The van der Waals surface area contributed by atoms with E-state index in [4.69, 9.17) is 0 Å². The summed E-state index contributed by atoms with van der Waals surface area (Å²) in [5.74, 6) is 0. The van der Waals surface area contributed by atoms with Crippen LogP contribution in [-0.2, 0) is 0 Å². The third-order valence-electron chi connectivity index (χ3n) is 12.5. The molecule has 0 amide bonds. The first kappa shape index (κ1) is 35.7. The largest absolute Gasteiger partial charge is 0.308 e. The van der Waals surface area contributed by atoms with Gasteiger partial charge in [-0.05, 0) is 120 Å². The Labute approximate surface area is 360 Å². The third kappa shape index (κ3) is 5.88. The molecule has 0 unspecified atom stereocenters. The quantitative estimate of drug-likeness (QED) is 0.146. The van der Waals surface area contributed by atoms with E-state index in [2.05, 4.69) is 252 Å². The smallest absolute Gasteiger partial charge is 0.0782 e. The molecule has 12 rings (SSSR count). The maximum absolute atomic E-state index is 2.45. The van der Waals surface area contributed by atoms with Gasteiger partial charge in [0.25, 0.3) is 0 Å². The molecule has 0 bridgehead atoms. The van der Waals surface area contributed by atoms with E-state index in [9.17, 15) is 0 Å². The van der Waals surface area contributed by atoms with Crippen LogP contribution in [0.4, 0.5) is 17.1 Å². The van der Waals surface area contributed by atoms with Gasteiger partial charge in [0.15, 0.2) is 0 Å². The number of aromatic nitrogens is 1. The van der Waals surface area contributed by atoms with Gasteiger partial charge in [0, 0.05) is 27.8 Å². The van der Waals surface area contributed by atoms with Crippen LogP contribution in [0.5, 0.6) is 0 Å². The molecular weight excluding hydrogens is 749 g/mol. The second-order valence-electron chi connectivity index (χ2n) is 16.1. The zero-order valence-electron chi connectivity index (χ0n) is 34.0. The number of nitrogens with zero attached hydrogens (tertiary/aromatic N) is 2. The summed E-state index contributed by atoms with van der Waals surface area (Å²) in [4.78, 5) is 2.43. The van der Waals surface area contributed by atoms with Crippen molar-refractivity contribution in [2.24, 2.45) is 0 Å². The summed E-state index contributed by atoms with van der Waals surface area (Å²) in [5.41, 5.74) is 14.0. The summed E-state index contributed by atoms with van der Waals surface area (Å²) in [6.45, 7) is 0. The van der Waals surface area contributed by atoms with Crippen molar-refractivity contribution in [2.75, 3.05) is 4.90 Å². The lowest BCUT2D eigenvalue weighted by Crippen LogP contribution is -2.11. The molecular formula is C60H40N2. The summed E-state index contributed by atoms with van der Waals surface area (Å²) in [7, 11) is 0. The number of benzene rings is 11. The molecule has 0 N–H and O–H groups in total. The van der Waals surface area contributed by atoms with Crippen LogP contribution in [0.15, 0.2) is 243 Å². The monoisotopic (exact) mass is 788 g/mol. The van der Waals surface area contributed by atoms with E-state index in [0.29, 0.717) is 0 Å². The summed E-state index contributed by atoms with van der Waals surface area (Å²) < 4.78 is 2.45. The first-order valence-corrected chi connectivity index (χ1v) is 21.3. The molecule has 0 atom stereocenters. The zero-order valence-corrected chi connectivity index (χ0v) is 34.0. The number of hydrogen-bond acceptors (Lipinski definition) is 1. The Morgan fingerprint density at radius 2 is 0.839 bits per heavy atom. The fraction of sp³-hybridized carbons (Fsp3) is 0. The van der Waals surface area contributed by atoms with Crippen molar-refractivity contribution < 1.29 is 0 Å². The lowest BCUT2D eigenvalue weighted by Gasteiger charge is -2.27. The molecule has 0 radical (unpaired) electrons. The van der Waals surface area contributed by atoms with Crippen LogP contribution in [0.2, 0.25) is 0 Å². The van der Waals surface area contributed by atoms with Crippen LogP contribution >= 0.6 is 0 Å². The van der Waals surface area contributed by atoms with Gasteiger partial charge in [0.1, 0.15) is 0 Å². The molecule has 0 spiro atoms. The highest BCUT2D eigenvalue weighted by atomic mass is 15.2. The summed E-state index contributed by atoms with van der Waals surface area (Å²) in [5, 5.41) is 9.89. The minimum Gasteiger partial charge on any atom is -0.308 e. The lowest BCUT2D eigenvalue weighted by atomic mass is 9.84. The lowest BCUT2D eigenvalue weighted by molar-refractivity contribution is 1.17. The second kappa shape index (κ2) is 14.8. The highest BCUT2D eigenvalue weighted by Crippen LogP contribution is 2.47. The molecule has 62 heavy (non-hydrogen) atoms. The minimum absolute atomic E-state index is 1.09. The average Bonchev–Trinajstić information content (AvgIpc) is 3.69. The molecule has 0 fully saturated rings. The average molecular weight is 789 g/mol. The van der Waals surface area contributed by atoms with E-state index >= 15 is 0 Å². The van der Waals surface area contributed by atoms with Crippen molar-refractivity contribution in [1.82, 2.24) is 4.57 Å². The molecule has 2 heteroatoms. The van der Waals surface area contributed by atoms with Crippen LogP contribution in [0, 0.1) is 0 Å². The van der Waals surface area contributed by atoms with Crippen molar-refractivity contribution in [2.45, 2.75) is 0 Å². The van der Waals surface area contributed by atoms with Crippen molar-refractivity contribution >= 4 is 71.2 Å². The molecule has 1 aromatic heterocycles. The van der Waals surface area contributed by atoms with E-state index in [0.717, 1.165) is 33.8 Å². The predicted octanol–water partition coefficient (Wildman–Crippen LogP) is 16.7. The number of anilines is 3. The van der Waals surface area contributed by atoms with Crippen molar-refractivity contribution in [3.05, 3.63) is 243 Å². The number of hydrogen-bond donors (Lipinski definition) is 0. The Morgan fingerprint density at radius 3 is 1.61 bits per heavy atom. The molecule has 0 aliphatic carbocycles. The Hall–Kier alpha value is -8.20. The first-order valence-electron chi connectivity index (χ1n) is 21.3. The normalized spacial score (nSPS) is 11.5. The molecule has 11 aromatic carbocycles. The standard InChI is InChI=1S/C60H40N2/c1-4-19-42(20-5-1)58-53-30-13-12-28-50(53)51-37-35-46(40-55(51)59(58)43-21-6-2-7-22-43)45-24-16-27-48(39-45)61(47-25-8-3-9-26-47)57-33-17-31-54-52-29-14-15-32-56(52)62(60(54)57)49-36-34-41-18-10-11-23-44(41)38-49/h1-40H. The predicted molar refractivity (Wildman–Crippen MR) is 264 cm³/mol. The number of para-hydroxylation sites is 3. The zero-order chi connectivity index (χ0) is 41.0. The molecule has 2 nitrogen and oxygen atoms in total. The molecule has 0 aliphatic heterocycles. The Morgan fingerprint density at radius 1 is 0.290 bits per heavy atom. The van der Waals surface area contributed by atoms with Crippen molar-refractivity contribution in [1.29, 1.82) is 0 Å². The van der Waals surface area contributed by atoms with Crippen LogP contribution in [0.25, 0.3) is 93.2 Å². The molecule has 12 aromatic rings. The van der Waals surface area contributed by atoms with Gasteiger partial charge in [-0.15, -0.1) is 0 Å². The Balaban J connectivity index is 1.09. The van der Waals surface area contributed by atoms with Gasteiger partial charge in [-0.2, -0.15) is 0 Å². The van der Waals surface area contributed by atoms with Crippen LogP contribution in [0.1, 0.15) is 0 Å². The highest BCUT2D eigenvalue weighted by molar-refractivity contribution is 6.22. The van der Waals surface area contributed by atoms with Gasteiger partial charge in [0.05, 0.1) is 16.7 Å². The molecule has 290 valence electrons. The van der Waals surface area contributed by atoms with Crippen LogP contribution in [0.3, 0.4) is 0 Å². The molecule has 0 saturated carbocycles. The first-order chi connectivity index (χ1) is 30.8. The summed E-state index contributed by atoms with van der Waals surface area (Å²) in [6, 6.07) is 88.5. The number of fused-ring (bicyclic) bond motifs is 7. The van der Waals surface area contributed by atoms with E-state index in [1.54, 1.807) is 0 Å². The van der Waals surface area contributed by atoms with Gasteiger partial charge in [0.2, 0.25) is 0 Å². The second-order valence-corrected chi connectivity index (χ2v) is 16.1. The minimum atomic E-state index is 1.09. The third-order valence-corrected chi connectivity index (χ3v) is 12.5. The SMILES string of the molecule is c1ccc(-c2c(-c3ccccc3)c3cc(-c4cccc(N(c5ccccc5)c5cccc6c7ccccc7n(-c7ccc8ccccc8c7)c56)c4)ccc3c3ccccc23)cc1. The Bertz CT molecular complexity index is 3620. The van der Waals surface area contributed by atoms with Gasteiger partial charge >= 0.3 is 0 Å². The van der Waals surface area contributed by atoms with Crippen molar-refractivity contribution in [3.8, 4) is 39.1 Å². The van der Waals surface area contributed by atoms with E-state index in [-0.39, 0.29) is 0 Å². The maximum atomic E-state index is 2.45. The van der Waals surface area contributed by atoms with Gasteiger partial charge in [-0.1, -0.05) is 188 Å². The number of rotatable bonds is 7. The van der Waals surface area contributed by atoms with E-state index < -0.39 is 0 Å². The van der Waals surface area contributed by atoms with Crippen molar-refractivity contribution in [3.63, 3.8) is 0 Å². The topological polar surface area (TPSA) is 8.17 Å². The van der Waals surface area contributed by atoms with E-state index in [1.165, 1.54) is 76.4 Å². The summed E-state index contributed by atoms with van der Waals surface area (Å²) in [6.07, 6.45) is 0. The maximum Gasteiger partial charge on any atom is 0.0782 e. The summed E-state index contributed by atoms with van der Waals surface area (Å²) >= 11 is 0. The van der Waals surface area contributed by atoms with Gasteiger partial charge in [-0.25, -0.2) is 0 Å². The highest BCUT2D eigenvalue weighted by Gasteiger charge is 2.23. The molecule has 1 heterocycles. The fourth-order valence-corrected chi connectivity index (χ4v) is 9.77.